The van der Waals surface area contributed by atoms with E-state index < -0.39 is 43.7 Å². The SMILES string of the molecule is CC1CC12C(=O)N(c1ccc(S(=O)(=O)C(F)(F)F)cc1)C(=O)N2c1ccncc1NC(=O)NCc1ccccc1. The van der Waals surface area contributed by atoms with Gasteiger partial charge >= 0.3 is 17.6 Å². The van der Waals surface area contributed by atoms with Crippen LogP contribution in [0.2, 0.25) is 0 Å². The number of amides is 5. The first-order valence-electron chi connectivity index (χ1n) is 12.0. The lowest BCUT2D eigenvalue weighted by atomic mass is 10.1. The fourth-order valence-electron chi connectivity index (χ4n) is 4.74. The molecule has 2 aromatic carbocycles. The number of anilines is 3. The number of hydrogen-bond acceptors (Lipinski definition) is 6. The van der Waals surface area contributed by atoms with Crippen LogP contribution in [0.25, 0.3) is 0 Å². The Morgan fingerprint density at radius 2 is 1.73 bits per heavy atom. The maximum Gasteiger partial charge on any atom is 0.501 e. The molecule has 1 aromatic heterocycles. The number of hydrogen-bond donors (Lipinski definition) is 2. The highest BCUT2D eigenvalue weighted by Crippen LogP contribution is 2.56. The number of alkyl halides is 3. The van der Waals surface area contributed by atoms with E-state index in [4.69, 9.17) is 0 Å². The van der Waals surface area contributed by atoms with Crippen molar-refractivity contribution in [3.8, 4) is 0 Å². The summed E-state index contributed by atoms with van der Waals surface area (Å²) in [4.78, 5) is 45.0. The van der Waals surface area contributed by atoms with Gasteiger partial charge in [-0.2, -0.15) is 13.2 Å². The second-order valence-electron chi connectivity index (χ2n) is 9.42. The van der Waals surface area contributed by atoms with Gasteiger partial charge in [0.25, 0.3) is 15.7 Å². The fourth-order valence-corrected chi connectivity index (χ4v) is 5.50. The third-order valence-corrected chi connectivity index (χ3v) is 8.42. The number of aromatic nitrogens is 1. The highest BCUT2D eigenvalue weighted by molar-refractivity contribution is 7.92. The maximum atomic E-state index is 13.7. The van der Waals surface area contributed by atoms with Crippen molar-refractivity contribution >= 4 is 44.9 Å². The van der Waals surface area contributed by atoms with Gasteiger partial charge in [0, 0.05) is 12.7 Å². The molecule has 2 heterocycles. The predicted molar refractivity (Wildman–Crippen MR) is 138 cm³/mol. The Morgan fingerprint density at radius 3 is 2.33 bits per heavy atom. The number of rotatable bonds is 6. The molecule has 14 heteroatoms. The van der Waals surface area contributed by atoms with Gasteiger partial charge in [-0.1, -0.05) is 37.3 Å². The summed E-state index contributed by atoms with van der Waals surface area (Å²) in [5.41, 5.74) is -5.67. The highest BCUT2D eigenvalue weighted by Gasteiger charge is 2.71. The van der Waals surface area contributed by atoms with Gasteiger partial charge in [-0.25, -0.2) is 22.9 Å². The van der Waals surface area contributed by atoms with E-state index in [2.05, 4.69) is 15.6 Å². The molecule has 2 N–H and O–H groups in total. The summed E-state index contributed by atoms with van der Waals surface area (Å²) in [6.45, 7) is 2.00. The smallest absolute Gasteiger partial charge is 0.334 e. The average Bonchev–Trinajstić information content (AvgIpc) is 3.54. The van der Waals surface area contributed by atoms with Gasteiger partial charge in [-0.3, -0.25) is 14.7 Å². The Hall–Kier alpha value is -4.46. The monoisotopic (exact) mass is 573 g/mol. The zero-order valence-electron chi connectivity index (χ0n) is 20.8. The number of sulfone groups is 1. The van der Waals surface area contributed by atoms with Gasteiger partial charge in [0.05, 0.1) is 28.2 Å². The van der Waals surface area contributed by atoms with Crippen LogP contribution in [0.1, 0.15) is 18.9 Å². The summed E-state index contributed by atoms with van der Waals surface area (Å²) in [6.07, 6.45) is 3.02. The van der Waals surface area contributed by atoms with Crippen LogP contribution in [0.15, 0.2) is 78.0 Å². The largest absolute Gasteiger partial charge is 0.501 e. The lowest BCUT2D eigenvalue weighted by molar-refractivity contribution is -0.119. The normalized spacial score (nSPS) is 20.6. The number of nitrogens with zero attached hydrogens (tertiary/aromatic N) is 3. The Morgan fingerprint density at radius 1 is 1.07 bits per heavy atom. The molecule has 1 aliphatic heterocycles. The second kappa shape index (κ2) is 9.62. The number of urea groups is 2. The average molecular weight is 574 g/mol. The van der Waals surface area contributed by atoms with Gasteiger partial charge in [-0.05, 0) is 48.2 Å². The van der Waals surface area contributed by atoms with Crippen molar-refractivity contribution in [1.82, 2.24) is 10.3 Å². The van der Waals surface area contributed by atoms with Crippen LogP contribution in [0.3, 0.4) is 0 Å². The van der Waals surface area contributed by atoms with Crippen LogP contribution in [-0.4, -0.2) is 42.4 Å². The van der Waals surface area contributed by atoms with Crippen molar-refractivity contribution in [2.45, 2.75) is 35.8 Å². The van der Waals surface area contributed by atoms with Crippen molar-refractivity contribution < 1.29 is 36.0 Å². The van der Waals surface area contributed by atoms with Gasteiger partial charge in [0.1, 0.15) is 5.54 Å². The number of pyridine rings is 1. The molecule has 0 radical (unpaired) electrons. The second-order valence-corrected chi connectivity index (χ2v) is 11.4. The van der Waals surface area contributed by atoms with E-state index in [1.54, 1.807) is 6.92 Å². The van der Waals surface area contributed by atoms with Crippen molar-refractivity contribution in [1.29, 1.82) is 0 Å². The van der Waals surface area contributed by atoms with Gasteiger partial charge in [0.15, 0.2) is 0 Å². The quantitative estimate of drug-likeness (QED) is 0.420. The van der Waals surface area contributed by atoms with Gasteiger partial charge in [0.2, 0.25) is 0 Å². The minimum atomic E-state index is -5.61. The van der Waals surface area contributed by atoms with Crippen LogP contribution in [0, 0.1) is 5.92 Å². The predicted octanol–water partition coefficient (Wildman–Crippen LogP) is 4.45. The molecule has 208 valence electrons. The van der Waals surface area contributed by atoms with E-state index >= 15 is 0 Å². The summed E-state index contributed by atoms with van der Waals surface area (Å²) in [7, 11) is -5.61. The molecule has 2 unspecified atom stereocenters. The summed E-state index contributed by atoms with van der Waals surface area (Å²) in [5, 5.41) is 5.36. The number of carbonyl (C=O) groups is 3. The molecule has 2 atom stereocenters. The summed E-state index contributed by atoms with van der Waals surface area (Å²) >= 11 is 0. The van der Waals surface area contributed by atoms with Gasteiger partial charge in [-0.15, -0.1) is 0 Å². The van der Waals surface area contributed by atoms with Crippen LogP contribution >= 0.6 is 0 Å². The van der Waals surface area contributed by atoms with E-state index in [1.807, 2.05) is 30.3 Å². The molecule has 5 rings (SSSR count). The van der Waals surface area contributed by atoms with E-state index in [0.717, 1.165) is 22.6 Å². The molecule has 1 saturated carbocycles. The third-order valence-electron chi connectivity index (χ3n) is 6.92. The Labute approximate surface area is 226 Å². The number of nitrogens with one attached hydrogen (secondary N) is 2. The summed E-state index contributed by atoms with van der Waals surface area (Å²) in [5.74, 6) is -0.889. The summed E-state index contributed by atoms with van der Waals surface area (Å²) < 4.78 is 62.3. The zero-order valence-corrected chi connectivity index (χ0v) is 21.7. The molecule has 0 bridgehead atoms. The van der Waals surface area contributed by atoms with E-state index in [9.17, 15) is 36.0 Å². The number of benzene rings is 2. The molecule has 5 amide bonds. The standard InChI is InChI=1S/C26H22F3N5O5S/c1-16-13-25(16)22(35)33(18-7-9-19(10-8-18)40(38,39)26(27,28)29)24(37)34(25)21-11-12-30-15-20(21)32-23(36)31-14-17-5-3-2-4-6-17/h2-12,15-16H,13-14H2,1H3,(H2,31,32,36). The fraction of sp³-hybridized carbons (Fsp3) is 0.231. The van der Waals surface area contributed by atoms with E-state index in [-0.39, 0.29) is 29.5 Å². The first kappa shape index (κ1) is 27.1. The number of imide groups is 1. The zero-order chi connectivity index (χ0) is 28.9. The van der Waals surface area contributed by atoms with Crippen molar-refractivity contribution in [3.63, 3.8) is 0 Å². The molecular formula is C26H22F3N5O5S. The lowest BCUT2D eigenvalue weighted by Gasteiger charge is -2.24. The number of carbonyl (C=O) groups excluding carboxylic acids is 3. The molecule has 3 aromatic rings. The van der Waals surface area contributed by atoms with Gasteiger partial charge < -0.3 is 10.6 Å². The van der Waals surface area contributed by atoms with Crippen LogP contribution in [-0.2, 0) is 21.2 Å². The maximum absolute atomic E-state index is 13.7. The third kappa shape index (κ3) is 4.43. The number of halogens is 3. The first-order chi connectivity index (χ1) is 18.9. The van der Waals surface area contributed by atoms with Crippen LogP contribution in [0.5, 0.6) is 0 Å². The van der Waals surface area contributed by atoms with Crippen molar-refractivity contribution in [2.24, 2.45) is 5.92 Å². The molecular weight excluding hydrogens is 551 g/mol. The lowest BCUT2D eigenvalue weighted by Crippen LogP contribution is -2.40. The topological polar surface area (TPSA) is 129 Å². The van der Waals surface area contributed by atoms with E-state index in [1.165, 1.54) is 23.4 Å². The molecule has 2 fully saturated rings. The Kier molecular flexibility index (Phi) is 6.53. The van der Waals surface area contributed by atoms with Crippen LogP contribution < -0.4 is 20.4 Å². The molecule has 1 aliphatic carbocycles. The molecule has 10 nitrogen and oxygen atoms in total. The first-order valence-corrected chi connectivity index (χ1v) is 13.5. The van der Waals surface area contributed by atoms with Crippen LogP contribution in [0.4, 0.5) is 39.8 Å². The minimum absolute atomic E-state index is 0.0960. The Bertz CT molecular complexity index is 1600. The minimum Gasteiger partial charge on any atom is -0.334 e. The van der Waals surface area contributed by atoms with Crippen molar-refractivity contribution in [2.75, 3.05) is 15.1 Å². The van der Waals surface area contributed by atoms with E-state index in [0.29, 0.717) is 18.6 Å². The molecule has 1 spiro atoms. The molecule has 1 saturated heterocycles. The highest BCUT2D eigenvalue weighted by atomic mass is 32.2. The Balaban J connectivity index is 1.43. The summed E-state index contributed by atoms with van der Waals surface area (Å²) in [6, 6.07) is 12.6. The molecule has 40 heavy (non-hydrogen) atoms. The van der Waals surface area contributed by atoms with Crippen molar-refractivity contribution in [3.05, 3.63) is 78.6 Å². The molecule has 2 aliphatic rings.